The Morgan fingerprint density at radius 3 is 2.16 bits per heavy atom. The van der Waals surface area contributed by atoms with Gasteiger partial charge < -0.3 is 10.1 Å². The number of methoxy groups -OCH3 is 1. The summed E-state index contributed by atoms with van der Waals surface area (Å²) in [5, 5.41) is 2.99. The smallest absolute Gasteiger partial charge is 0.264 e. The SMILES string of the molecule is COc1ccc(S(=O)(=O)N(C)c2ccc(C(=O)N[C@@H](C)c3ccccc3C)cc2)cc1. The monoisotopic (exact) mass is 438 g/mol. The Hall–Kier alpha value is -3.32. The summed E-state index contributed by atoms with van der Waals surface area (Å²) in [5.41, 5.74) is 3.08. The number of nitrogens with one attached hydrogen (secondary N) is 1. The minimum absolute atomic E-state index is 0.147. The molecule has 6 nitrogen and oxygen atoms in total. The van der Waals surface area contributed by atoms with Crippen LogP contribution in [-0.2, 0) is 10.0 Å². The van der Waals surface area contributed by atoms with Gasteiger partial charge in [0.25, 0.3) is 15.9 Å². The van der Waals surface area contributed by atoms with E-state index in [0.717, 1.165) is 11.1 Å². The highest BCUT2D eigenvalue weighted by atomic mass is 32.2. The van der Waals surface area contributed by atoms with E-state index in [1.807, 2.05) is 38.1 Å². The maximum atomic E-state index is 12.9. The van der Waals surface area contributed by atoms with Crippen molar-refractivity contribution in [2.75, 3.05) is 18.5 Å². The van der Waals surface area contributed by atoms with Crippen molar-refractivity contribution in [3.05, 3.63) is 89.5 Å². The summed E-state index contributed by atoms with van der Waals surface area (Å²) < 4.78 is 32.0. The molecule has 0 saturated heterocycles. The summed E-state index contributed by atoms with van der Waals surface area (Å²) in [7, 11) is -0.729. The standard InChI is InChI=1S/C24H26N2O4S/c1-17-7-5-6-8-23(17)18(2)25-24(27)19-9-11-20(12-10-19)26(3)31(28,29)22-15-13-21(30-4)14-16-22/h5-16,18H,1-4H3,(H,25,27)/t18-/m0/s1. The van der Waals surface area contributed by atoms with E-state index in [1.165, 1.54) is 30.6 Å². The average Bonchev–Trinajstić information content (AvgIpc) is 2.78. The molecule has 0 aliphatic heterocycles. The molecule has 0 heterocycles. The molecule has 1 amide bonds. The molecule has 0 aliphatic carbocycles. The number of hydrogen-bond donors (Lipinski definition) is 1. The second kappa shape index (κ2) is 9.22. The highest BCUT2D eigenvalue weighted by molar-refractivity contribution is 7.92. The lowest BCUT2D eigenvalue weighted by Gasteiger charge is -2.20. The van der Waals surface area contributed by atoms with E-state index in [4.69, 9.17) is 4.74 Å². The topological polar surface area (TPSA) is 75.7 Å². The van der Waals surface area contributed by atoms with Gasteiger partial charge in [0, 0.05) is 12.6 Å². The van der Waals surface area contributed by atoms with Crippen molar-refractivity contribution in [3.8, 4) is 5.75 Å². The molecule has 0 fully saturated rings. The summed E-state index contributed by atoms with van der Waals surface area (Å²) >= 11 is 0. The molecule has 0 spiro atoms. The van der Waals surface area contributed by atoms with Crippen LogP contribution in [0.1, 0.15) is 34.5 Å². The molecule has 31 heavy (non-hydrogen) atoms. The van der Waals surface area contributed by atoms with Crippen molar-refractivity contribution < 1.29 is 17.9 Å². The molecule has 3 rings (SSSR count). The quantitative estimate of drug-likeness (QED) is 0.596. The second-order valence-electron chi connectivity index (χ2n) is 7.25. The average molecular weight is 439 g/mol. The van der Waals surface area contributed by atoms with Crippen molar-refractivity contribution in [1.29, 1.82) is 0 Å². The van der Waals surface area contributed by atoms with E-state index < -0.39 is 10.0 Å². The van der Waals surface area contributed by atoms with Gasteiger partial charge in [-0.2, -0.15) is 0 Å². The summed E-state index contributed by atoms with van der Waals surface area (Å²) in [6, 6.07) is 20.4. The normalized spacial score (nSPS) is 12.1. The van der Waals surface area contributed by atoms with Gasteiger partial charge in [-0.1, -0.05) is 24.3 Å². The van der Waals surface area contributed by atoms with Gasteiger partial charge in [0.05, 0.1) is 23.7 Å². The number of rotatable bonds is 7. The third kappa shape index (κ3) is 4.88. The zero-order chi connectivity index (χ0) is 22.6. The Morgan fingerprint density at radius 2 is 1.58 bits per heavy atom. The predicted octanol–water partition coefficient (Wildman–Crippen LogP) is 4.32. The lowest BCUT2D eigenvalue weighted by atomic mass is 10.0. The van der Waals surface area contributed by atoms with Crippen LogP contribution in [0, 0.1) is 6.92 Å². The fraction of sp³-hybridized carbons (Fsp3) is 0.208. The maximum absolute atomic E-state index is 12.9. The molecule has 7 heteroatoms. The zero-order valence-corrected chi connectivity index (χ0v) is 18.8. The van der Waals surface area contributed by atoms with Crippen molar-refractivity contribution in [2.24, 2.45) is 0 Å². The molecule has 162 valence electrons. The van der Waals surface area contributed by atoms with Crippen LogP contribution in [0.5, 0.6) is 5.75 Å². The van der Waals surface area contributed by atoms with Crippen LogP contribution >= 0.6 is 0 Å². The Kier molecular flexibility index (Phi) is 6.65. The number of ether oxygens (including phenoxy) is 1. The third-order valence-electron chi connectivity index (χ3n) is 5.21. The first-order valence-corrected chi connectivity index (χ1v) is 11.3. The summed E-state index contributed by atoms with van der Waals surface area (Å²) in [6.45, 7) is 3.94. The third-order valence-corrected chi connectivity index (χ3v) is 7.01. The number of hydrogen-bond acceptors (Lipinski definition) is 4. The molecular formula is C24H26N2O4S. The van der Waals surface area contributed by atoms with E-state index >= 15 is 0 Å². The first-order chi connectivity index (χ1) is 14.7. The molecule has 0 bridgehead atoms. The molecule has 3 aromatic carbocycles. The van der Waals surface area contributed by atoms with Crippen molar-refractivity contribution in [2.45, 2.75) is 24.8 Å². The fourth-order valence-electron chi connectivity index (χ4n) is 3.30. The molecule has 0 aromatic heterocycles. The molecule has 0 aliphatic rings. The number of carbonyl (C=O) groups excluding carboxylic acids is 1. The van der Waals surface area contributed by atoms with Gasteiger partial charge in [-0.3, -0.25) is 9.10 Å². The molecular weight excluding hydrogens is 412 g/mol. The zero-order valence-electron chi connectivity index (χ0n) is 18.0. The summed E-state index contributed by atoms with van der Waals surface area (Å²) in [6.07, 6.45) is 0. The minimum Gasteiger partial charge on any atom is -0.497 e. The molecule has 0 saturated carbocycles. The maximum Gasteiger partial charge on any atom is 0.264 e. The second-order valence-corrected chi connectivity index (χ2v) is 9.22. The molecule has 3 aromatic rings. The van der Waals surface area contributed by atoms with E-state index in [1.54, 1.807) is 36.4 Å². The van der Waals surface area contributed by atoms with Gasteiger partial charge in [0.1, 0.15) is 5.75 Å². The highest BCUT2D eigenvalue weighted by Gasteiger charge is 2.22. The van der Waals surface area contributed by atoms with E-state index in [2.05, 4.69) is 5.32 Å². The Labute approximate surface area is 183 Å². The molecule has 0 radical (unpaired) electrons. The van der Waals surface area contributed by atoms with Gasteiger partial charge in [0.15, 0.2) is 0 Å². The van der Waals surface area contributed by atoms with Crippen LogP contribution in [0.15, 0.2) is 77.7 Å². The number of aryl methyl sites for hydroxylation is 1. The molecule has 1 atom stereocenters. The largest absolute Gasteiger partial charge is 0.497 e. The van der Waals surface area contributed by atoms with Crippen LogP contribution in [0.3, 0.4) is 0 Å². The molecule has 0 unspecified atom stereocenters. The number of nitrogens with zero attached hydrogens (tertiary/aromatic N) is 1. The van der Waals surface area contributed by atoms with Crippen LogP contribution in [-0.4, -0.2) is 28.5 Å². The lowest BCUT2D eigenvalue weighted by Crippen LogP contribution is -2.28. The van der Waals surface area contributed by atoms with Gasteiger partial charge >= 0.3 is 0 Å². The van der Waals surface area contributed by atoms with Crippen molar-refractivity contribution in [3.63, 3.8) is 0 Å². The van der Waals surface area contributed by atoms with Gasteiger partial charge in [-0.15, -0.1) is 0 Å². The van der Waals surface area contributed by atoms with E-state index in [0.29, 0.717) is 17.0 Å². The number of benzene rings is 3. The Balaban J connectivity index is 1.74. The van der Waals surface area contributed by atoms with Crippen LogP contribution in [0.4, 0.5) is 5.69 Å². The van der Waals surface area contributed by atoms with Crippen LogP contribution < -0.4 is 14.4 Å². The Bertz CT molecular complexity index is 1160. The van der Waals surface area contributed by atoms with E-state index in [9.17, 15) is 13.2 Å². The predicted molar refractivity (Wildman–Crippen MR) is 122 cm³/mol. The summed E-state index contributed by atoms with van der Waals surface area (Å²) in [5.74, 6) is 0.361. The van der Waals surface area contributed by atoms with E-state index in [-0.39, 0.29) is 16.8 Å². The number of amides is 1. The Morgan fingerprint density at radius 1 is 0.968 bits per heavy atom. The number of sulfonamides is 1. The van der Waals surface area contributed by atoms with Crippen molar-refractivity contribution in [1.82, 2.24) is 5.32 Å². The lowest BCUT2D eigenvalue weighted by molar-refractivity contribution is 0.0940. The number of anilines is 1. The first kappa shape index (κ1) is 22.4. The highest BCUT2D eigenvalue weighted by Crippen LogP contribution is 2.24. The number of carbonyl (C=O) groups is 1. The van der Waals surface area contributed by atoms with Crippen LogP contribution in [0.2, 0.25) is 0 Å². The molecule has 1 N–H and O–H groups in total. The van der Waals surface area contributed by atoms with Gasteiger partial charge in [0.2, 0.25) is 0 Å². The minimum atomic E-state index is -3.73. The fourth-order valence-corrected chi connectivity index (χ4v) is 4.49. The first-order valence-electron chi connectivity index (χ1n) is 9.83. The van der Waals surface area contributed by atoms with Gasteiger partial charge in [-0.25, -0.2) is 8.42 Å². The van der Waals surface area contributed by atoms with Crippen LogP contribution in [0.25, 0.3) is 0 Å². The summed E-state index contributed by atoms with van der Waals surface area (Å²) in [4.78, 5) is 12.8. The van der Waals surface area contributed by atoms with Gasteiger partial charge in [-0.05, 0) is 73.5 Å². The van der Waals surface area contributed by atoms with Crippen molar-refractivity contribution >= 4 is 21.6 Å².